The van der Waals surface area contributed by atoms with Crippen LogP contribution in [0.5, 0.6) is 17.2 Å². The third kappa shape index (κ3) is 7.54. The van der Waals surface area contributed by atoms with E-state index < -0.39 is 11.9 Å². The first-order chi connectivity index (χ1) is 14.0. The van der Waals surface area contributed by atoms with Gasteiger partial charge in [-0.05, 0) is 50.2 Å². The van der Waals surface area contributed by atoms with Crippen LogP contribution in [0.15, 0.2) is 42.5 Å². The van der Waals surface area contributed by atoms with Gasteiger partial charge >= 0.3 is 5.97 Å². The van der Waals surface area contributed by atoms with Gasteiger partial charge in [-0.3, -0.25) is 9.59 Å². The molecule has 8 heteroatoms. The Morgan fingerprint density at radius 3 is 2.41 bits per heavy atom. The molecular formula is C21H24ClNO6. The zero-order chi connectivity index (χ0) is 21.1. The van der Waals surface area contributed by atoms with Gasteiger partial charge in [0.15, 0.2) is 11.5 Å². The third-order valence-electron chi connectivity index (χ3n) is 3.61. The molecule has 0 aromatic heterocycles. The van der Waals surface area contributed by atoms with Crippen molar-refractivity contribution in [3.8, 4) is 17.2 Å². The van der Waals surface area contributed by atoms with Crippen LogP contribution in [0.3, 0.4) is 0 Å². The van der Waals surface area contributed by atoms with Crippen molar-refractivity contribution >= 4 is 23.5 Å². The Balaban J connectivity index is 1.76. The highest BCUT2D eigenvalue weighted by atomic mass is 35.5. The molecule has 0 aliphatic carbocycles. The van der Waals surface area contributed by atoms with Crippen LogP contribution in [0, 0.1) is 0 Å². The molecule has 7 nitrogen and oxygen atoms in total. The third-order valence-corrected chi connectivity index (χ3v) is 3.85. The Labute approximate surface area is 174 Å². The minimum absolute atomic E-state index is 0.0543. The number of hydrogen-bond donors (Lipinski definition) is 1. The number of ether oxygens (including phenoxy) is 4. The van der Waals surface area contributed by atoms with E-state index in [0.717, 1.165) is 0 Å². The molecule has 2 rings (SSSR count). The Hall–Kier alpha value is -2.93. The van der Waals surface area contributed by atoms with E-state index in [2.05, 4.69) is 5.32 Å². The van der Waals surface area contributed by atoms with Crippen LogP contribution >= 0.6 is 11.6 Å². The van der Waals surface area contributed by atoms with Gasteiger partial charge < -0.3 is 24.3 Å². The number of benzene rings is 2. The molecule has 156 valence electrons. The fourth-order valence-electron chi connectivity index (χ4n) is 2.37. The summed E-state index contributed by atoms with van der Waals surface area (Å²) in [6, 6.07) is 11.8. The van der Waals surface area contributed by atoms with E-state index in [1.54, 1.807) is 42.5 Å². The number of carbonyl (C=O) groups excluding carboxylic acids is 2. The van der Waals surface area contributed by atoms with Crippen molar-refractivity contribution in [1.29, 1.82) is 0 Å². The first kappa shape index (κ1) is 22.4. The van der Waals surface area contributed by atoms with Gasteiger partial charge in [-0.15, -0.1) is 0 Å². The van der Waals surface area contributed by atoms with Gasteiger partial charge in [0.25, 0.3) is 5.91 Å². The zero-order valence-electron chi connectivity index (χ0n) is 16.4. The number of carbonyl (C=O) groups is 2. The molecule has 1 N–H and O–H groups in total. The summed E-state index contributed by atoms with van der Waals surface area (Å²) < 4.78 is 21.4. The summed E-state index contributed by atoms with van der Waals surface area (Å²) in [5.41, 5.74) is 0.356. The van der Waals surface area contributed by atoms with E-state index in [1.807, 2.05) is 13.8 Å². The van der Waals surface area contributed by atoms with E-state index >= 15 is 0 Å². The fourth-order valence-corrected chi connectivity index (χ4v) is 2.55. The Morgan fingerprint density at radius 2 is 1.69 bits per heavy atom. The lowest BCUT2D eigenvalue weighted by molar-refractivity contribution is -0.143. The smallest absolute Gasteiger partial charge is 0.325 e. The first-order valence-corrected chi connectivity index (χ1v) is 9.63. The van der Waals surface area contributed by atoms with Crippen molar-refractivity contribution in [2.45, 2.75) is 13.8 Å². The summed E-state index contributed by atoms with van der Waals surface area (Å²) in [6.45, 7) is 4.60. The van der Waals surface area contributed by atoms with E-state index in [-0.39, 0.29) is 19.8 Å². The summed E-state index contributed by atoms with van der Waals surface area (Å²) in [7, 11) is 0. The minimum atomic E-state index is -0.566. The van der Waals surface area contributed by atoms with Gasteiger partial charge in [0, 0.05) is 10.6 Å². The molecular weight excluding hydrogens is 398 g/mol. The van der Waals surface area contributed by atoms with Crippen LogP contribution in [0.1, 0.15) is 24.2 Å². The molecule has 1 amide bonds. The molecule has 0 spiro atoms. The molecule has 0 fully saturated rings. The molecule has 0 bridgehead atoms. The Bertz CT molecular complexity index is 827. The Kier molecular flexibility index (Phi) is 9.11. The topological polar surface area (TPSA) is 83.1 Å². The van der Waals surface area contributed by atoms with Crippen LogP contribution in [-0.2, 0) is 9.53 Å². The number of nitrogens with one attached hydrogen (secondary N) is 1. The number of rotatable bonds is 11. The molecule has 0 aliphatic rings. The Morgan fingerprint density at radius 1 is 0.931 bits per heavy atom. The summed E-state index contributed by atoms with van der Waals surface area (Å²) in [5.74, 6) is 0.639. The first-order valence-electron chi connectivity index (χ1n) is 9.25. The van der Waals surface area contributed by atoms with Gasteiger partial charge in [0.05, 0.1) is 13.2 Å². The van der Waals surface area contributed by atoms with Gasteiger partial charge in [-0.25, -0.2) is 0 Å². The van der Waals surface area contributed by atoms with E-state index in [9.17, 15) is 9.59 Å². The van der Waals surface area contributed by atoms with Crippen LogP contribution in [0.25, 0.3) is 0 Å². The van der Waals surface area contributed by atoms with Gasteiger partial charge in [-0.2, -0.15) is 0 Å². The fraction of sp³-hybridized carbons (Fsp3) is 0.333. The van der Waals surface area contributed by atoms with E-state index in [4.69, 9.17) is 30.5 Å². The second-order valence-corrected chi connectivity index (χ2v) is 6.17. The average Bonchev–Trinajstić information content (AvgIpc) is 2.71. The molecule has 0 saturated carbocycles. The molecule has 0 heterocycles. The van der Waals surface area contributed by atoms with Crippen molar-refractivity contribution in [1.82, 2.24) is 5.32 Å². The van der Waals surface area contributed by atoms with Crippen molar-refractivity contribution < 1.29 is 28.5 Å². The average molecular weight is 422 g/mol. The molecule has 0 saturated heterocycles. The number of esters is 1. The highest BCUT2D eigenvalue weighted by molar-refractivity contribution is 6.30. The minimum Gasteiger partial charge on any atom is -0.490 e. The summed E-state index contributed by atoms with van der Waals surface area (Å²) in [5, 5.41) is 3.08. The number of amides is 1. The van der Waals surface area contributed by atoms with Gasteiger partial charge in [0.1, 0.15) is 25.5 Å². The van der Waals surface area contributed by atoms with Crippen LogP contribution < -0.4 is 19.5 Å². The second-order valence-electron chi connectivity index (χ2n) is 5.74. The maximum Gasteiger partial charge on any atom is 0.325 e. The van der Waals surface area contributed by atoms with Crippen molar-refractivity contribution in [2.75, 3.05) is 33.0 Å². The predicted octanol–water partition coefficient (Wildman–Crippen LogP) is 3.49. The summed E-state index contributed by atoms with van der Waals surface area (Å²) in [6.07, 6.45) is 0. The van der Waals surface area contributed by atoms with Gasteiger partial charge in [0.2, 0.25) is 0 Å². The van der Waals surface area contributed by atoms with Crippen LogP contribution in [-0.4, -0.2) is 44.8 Å². The van der Waals surface area contributed by atoms with Crippen LogP contribution in [0.4, 0.5) is 0 Å². The maximum atomic E-state index is 12.3. The molecule has 0 atom stereocenters. The lowest BCUT2D eigenvalue weighted by atomic mass is 10.2. The van der Waals surface area contributed by atoms with Crippen molar-refractivity contribution in [2.24, 2.45) is 0 Å². The molecule has 0 radical (unpaired) electrons. The number of hydrogen-bond acceptors (Lipinski definition) is 6. The quantitative estimate of drug-likeness (QED) is 0.441. The van der Waals surface area contributed by atoms with E-state index in [0.29, 0.717) is 41.0 Å². The lowest BCUT2D eigenvalue weighted by Crippen LogP contribution is -2.31. The summed E-state index contributed by atoms with van der Waals surface area (Å²) >= 11 is 5.86. The summed E-state index contributed by atoms with van der Waals surface area (Å²) in [4.78, 5) is 24.1. The highest BCUT2D eigenvalue weighted by Gasteiger charge is 2.13. The van der Waals surface area contributed by atoms with Crippen molar-refractivity contribution in [3.63, 3.8) is 0 Å². The second kappa shape index (κ2) is 11.8. The standard InChI is InChI=1S/C21H24ClNO6/c1-3-26-18-9-8-15(12-19(18)27-4-2)21(25)23-14-20(24)29-11-10-28-17-7-5-6-16(22)13-17/h5-9,12-13H,3-4,10-11,14H2,1-2H3,(H,23,25). The lowest BCUT2D eigenvalue weighted by Gasteiger charge is -2.12. The highest BCUT2D eigenvalue weighted by Crippen LogP contribution is 2.28. The predicted molar refractivity (Wildman–Crippen MR) is 109 cm³/mol. The number of halogens is 1. The molecule has 0 aliphatic heterocycles. The molecule has 0 unspecified atom stereocenters. The van der Waals surface area contributed by atoms with Gasteiger partial charge in [-0.1, -0.05) is 17.7 Å². The largest absolute Gasteiger partial charge is 0.490 e. The maximum absolute atomic E-state index is 12.3. The SMILES string of the molecule is CCOc1ccc(C(=O)NCC(=O)OCCOc2cccc(Cl)c2)cc1OCC. The molecule has 2 aromatic rings. The zero-order valence-corrected chi connectivity index (χ0v) is 17.2. The normalized spacial score (nSPS) is 10.2. The van der Waals surface area contributed by atoms with E-state index in [1.165, 1.54) is 0 Å². The monoisotopic (exact) mass is 421 g/mol. The van der Waals surface area contributed by atoms with Crippen molar-refractivity contribution in [3.05, 3.63) is 53.1 Å². The molecule has 29 heavy (non-hydrogen) atoms. The van der Waals surface area contributed by atoms with Crippen LogP contribution in [0.2, 0.25) is 5.02 Å². The molecule has 2 aromatic carbocycles.